The molecule has 1 unspecified atom stereocenters. The molecular formula is C68H71N3O10Si. The monoisotopic (exact) mass is 1120 g/mol. The van der Waals surface area contributed by atoms with Crippen molar-refractivity contribution in [1.29, 1.82) is 0 Å². The summed E-state index contributed by atoms with van der Waals surface area (Å²) in [5.41, 5.74) is 12.8. The van der Waals surface area contributed by atoms with Crippen molar-refractivity contribution in [1.82, 2.24) is 10.6 Å². The molecule has 0 radical (unpaired) electrons. The van der Waals surface area contributed by atoms with Crippen molar-refractivity contribution >= 4 is 32.0 Å². The van der Waals surface area contributed by atoms with E-state index in [-0.39, 0.29) is 52.1 Å². The van der Waals surface area contributed by atoms with Crippen molar-refractivity contribution in [3.8, 4) is 28.4 Å². The molecule has 5 N–H and O–H groups in total. The van der Waals surface area contributed by atoms with E-state index in [2.05, 4.69) is 30.3 Å². The smallest absolute Gasteiger partial charge is 0.408 e. The molecule has 0 fully saturated rings. The molecule has 2 amide bonds. The average molecular weight is 1120 g/mol. The van der Waals surface area contributed by atoms with Gasteiger partial charge in [-0.15, -0.1) is 0 Å². The first-order valence-electron chi connectivity index (χ1n) is 27.5. The van der Waals surface area contributed by atoms with E-state index in [9.17, 15) is 24.3 Å². The minimum Gasteiger partial charge on any atom is -0.489 e. The second-order valence-electron chi connectivity index (χ2n) is 21.6. The first kappa shape index (κ1) is 59.1. The molecule has 8 aromatic rings. The second kappa shape index (κ2) is 28.9. The zero-order valence-electron chi connectivity index (χ0n) is 46.6. The highest BCUT2D eigenvalue weighted by Crippen LogP contribution is 2.35. The number of carbonyl (C=O) groups is 4. The van der Waals surface area contributed by atoms with Crippen LogP contribution in [0.3, 0.4) is 0 Å². The van der Waals surface area contributed by atoms with Crippen molar-refractivity contribution < 1.29 is 48.0 Å². The lowest BCUT2D eigenvalue weighted by atomic mass is 9.86. The topological polar surface area (TPSA) is 185 Å². The lowest BCUT2D eigenvalue weighted by Gasteiger charge is -2.33. The van der Waals surface area contributed by atoms with Gasteiger partial charge in [-0.25, -0.2) is 14.4 Å². The van der Waals surface area contributed by atoms with E-state index in [1.165, 1.54) is 0 Å². The van der Waals surface area contributed by atoms with Crippen LogP contribution in [0.15, 0.2) is 212 Å². The number of aliphatic carboxylic acids is 1. The summed E-state index contributed by atoms with van der Waals surface area (Å²) in [6.45, 7) is 7.26. The number of carbonyl (C=O) groups excluding carboxylic acids is 3. The van der Waals surface area contributed by atoms with Crippen LogP contribution in [0.5, 0.6) is 17.2 Å². The molecule has 422 valence electrons. The van der Waals surface area contributed by atoms with Crippen LogP contribution in [0.25, 0.3) is 11.1 Å². The Labute approximate surface area is 481 Å². The second-order valence-corrected chi connectivity index (χ2v) is 27.2. The van der Waals surface area contributed by atoms with Gasteiger partial charge in [-0.3, -0.25) is 4.79 Å². The van der Waals surface area contributed by atoms with Gasteiger partial charge in [0.2, 0.25) is 5.91 Å². The SMILES string of the molecule is C[Si](C)(C)CCC(Cc1cc(-c2ccc(OCc3ccccc3)c(C[C@H](N)C(=O)N[C@@H](Cc3ccc(OCc4ccccc4)cc3)C(=O)OCc3ccccc3)c2)ccc1OCc1ccccc1)(NC(=O)OCc1ccccc1)C(=O)O. The molecule has 0 aliphatic heterocycles. The summed E-state index contributed by atoms with van der Waals surface area (Å²) in [7, 11) is -1.88. The molecule has 14 heteroatoms. The minimum atomic E-state index is -1.88. The Bertz CT molecular complexity index is 3330. The van der Waals surface area contributed by atoms with Gasteiger partial charge in [-0.05, 0) is 98.5 Å². The normalized spacial score (nSPS) is 12.6. The summed E-state index contributed by atoms with van der Waals surface area (Å²) in [6.07, 6.45) is -0.731. The van der Waals surface area contributed by atoms with Crippen molar-refractivity contribution in [2.45, 2.75) is 102 Å². The van der Waals surface area contributed by atoms with Gasteiger partial charge in [-0.2, -0.15) is 0 Å². The molecule has 0 saturated heterocycles. The van der Waals surface area contributed by atoms with E-state index in [1.807, 2.05) is 212 Å². The van der Waals surface area contributed by atoms with Crippen LogP contribution in [-0.4, -0.2) is 54.7 Å². The Balaban J connectivity index is 1.09. The highest BCUT2D eigenvalue weighted by Gasteiger charge is 2.42. The van der Waals surface area contributed by atoms with E-state index < -0.39 is 49.6 Å². The molecular weight excluding hydrogens is 1050 g/mol. The lowest BCUT2D eigenvalue weighted by molar-refractivity contribution is -0.149. The maximum absolute atomic E-state index is 14.4. The molecule has 0 spiro atoms. The predicted octanol–water partition coefficient (Wildman–Crippen LogP) is 12.5. The molecule has 13 nitrogen and oxygen atoms in total. The molecule has 0 aromatic heterocycles. The van der Waals surface area contributed by atoms with E-state index in [0.717, 1.165) is 33.4 Å². The van der Waals surface area contributed by atoms with Crippen LogP contribution < -0.4 is 30.6 Å². The van der Waals surface area contributed by atoms with Gasteiger partial charge >= 0.3 is 18.0 Å². The number of hydrogen-bond acceptors (Lipinski definition) is 10. The Morgan fingerprint density at radius 1 is 0.512 bits per heavy atom. The van der Waals surface area contributed by atoms with Crippen molar-refractivity contribution in [2.75, 3.05) is 0 Å². The predicted molar refractivity (Wildman–Crippen MR) is 321 cm³/mol. The summed E-state index contributed by atoms with van der Waals surface area (Å²) < 4.78 is 30.4. The summed E-state index contributed by atoms with van der Waals surface area (Å²) in [5.74, 6) is -0.827. The Kier molecular flexibility index (Phi) is 20.9. The number of carboxylic acid groups (broad SMARTS) is 1. The third-order valence-electron chi connectivity index (χ3n) is 13.9. The van der Waals surface area contributed by atoms with Crippen LogP contribution in [0, 0.1) is 0 Å². The number of carboxylic acids is 1. The van der Waals surface area contributed by atoms with Gasteiger partial charge in [0.15, 0.2) is 0 Å². The molecule has 8 aromatic carbocycles. The van der Waals surface area contributed by atoms with E-state index in [0.29, 0.717) is 52.2 Å². The molecule has 82 heavy (non-hydrogen) atoms. The van der Waals surface area contributed by atoms with Gasteiger partial charge in [0.25, 0.3) is 0 Å². The number of rotatable bonds is 28. The third-order valence-corrected chi connectivity index (χ3v) is 15.6. The van der Waals surface area contributed by atoms with Crippen LogP contribution >= 0.6 is 0 Å². The number of esters is 1. The maximum atomic E-state index is 14.4. The van der Waals surface area contributed by atoms with Gasteiger partial charge in [-0.1, -0.05) is 202 Å². The zero-order chi connectivity index (χ0) is 57.7. The van der Waals surface area contributed by atoms with E-state index >= 15 is 0 Å². The van der Waals surface area contributed by atoms with E-state index in [1.54, 1.807) is 0 Å². The molecule has 0 aliphatic carbocycles. The van der Waals surface area contributed by atoms with Crippen LogP contribution in [0.1, 0.15) is 50.9 Å². The van der Waals surface area contributed by atoms with Crippen molar-refractivity contribution in [3.05, 3.63) is 257 Å². The summed E-state index contributed by atoms with van der Waals surface area (Å²) in [5, 5.41) is 17.0. The van der Waals surface area contributed by atoms with Gasteiger partial charge in [0.1, 0.15) is 61.9 Å². The van der Waals surface area contributed by atoms with Crippen molar-refractivity contribution in [2.24, 2.45) is 5.73 Å². The number of ether oxygens (including phenoxy) is 5. The van der Waals surface area contributed by atoms with Gasteiger partial charge < -0.3 is 45.2 Å². The fourth-order valence-electron chi connectivity index (χ4n) is 9.20. The number of nitrogens with one attached hydrogen (secondary N) is 2. The Hall–Kier alpha value is -8.98. The quantitative estimate of drug-likeness (QED) is 0.0270. The van der Waals surface area contributed by atoms with Gasteiger partial charge in [0.05, 0.1) is 6.04 Å². The largest absolute Gasteiger partial charge is 0.489 e. The number of alkyl carbamates (subject to hydrolysis) is 1. The fraction of sp³-hybridized carbons (Fsp3) is 0.235. The zero-order valence-corrected chi connectivity index (χ0v) is 47.6. The van der Waals surface area contributed by atoms with E-state index in [4.69, 9.17) is 29.4 Å². The Morgan fingerprint density at radius 3 is 1.43 bits per heavy atom. The lowest BCUT2D eigenvalue weighted by Crippen LogP contribution is -2.57. The molecule has 0 aliphatic rings. The fourth-order valence-corrected chi connectivity index (χ4v) is 10.4. The third kappa shape index (κ3) is 18.0. The van der Waals surface area contributed by atoms with Crippen LogP contribution in [-0.2, 0) is 76.2 Å². The number of nitrogens with two attached hydrogens (primary N) is 1. The number of benzene rings is 8. The number of amides is 2. The highest BCUT2D eigenvalue weighted by atomic mass is 28.3. The highest BCUT2D eigenvalue weighted by molar-refractivity contribution is 6.76. The van der Waals surface area contributed by atoms with Crippen LogP contribution in [0.2, 0.25) is 25.7 Å². The Morgan fingerprint density at radius 2 is 0.951 bits per heavy atom. The molecule has 0 heterocycles. The van der Waals surface area contributed by atoms with Crippen LogP contribution in [0.4, 0.5) is 4.79 Å². The first-order chi connectivity index (χ1) is 39.7. The molecule has 3 atom stereocenters. The minimum absolute atomic E-state index is 0.00197. The maximum Gasteiger partial charge on any atom is 0.408 e. The average Bonchev–Trinajstić information content (AvgIpc) is 3.61. The molecule has 0 bridgehead atoms. The van der Waals surface area contributed by atoms with Gasteiger partial charge in [0, 0.05) is 27.3 Å². The first-order valence-corrected chi connectivity index (χ1v) is 31.2. The molecule has 0 saturated carbocycles. The van der Waals surface area contributed by atoms with Crippen molar-refractivity contribution in [3.63, 3.8) is 0 Å². The number of hydrogen-bond donors (Lipinski definition) is 4. The summed E-state index contributed by atoms with van der Waals surface area (Å²) >= 11 is 0. The summed E-state index contributed by atoms with van der Waals surface area (Å²) in [6, 6.07) is 64.6. The summed E-state index contributed by atoms with van der Waals surface area (Å²) in [4.78, 5) is 55.8. The molecule has 8 rings (SSSR count). The standard InChI is InChI=1S/C68H71N3O10Si/c1-82(2,3)38-37-68(66(74)75,71-67(76)81-48-54-27-17-8-18-28-54)43-58-41-56(32-36-63(58)79-46-52-23-13-6-14-24-52)55-31-35-62(78-45-51-21-11-5-12-22-51)57(40-55)42-60(69)64(72)70-61(65(73)80-47-53-25-15-7-16-26-53)39-49-29-33-59(34-30-49)77-44-50-19-9-4-10-20-50/h4-36,40-41,60-61H,37-39,42-48,69H2,1-3H3,(H,70,72)(H,71,76)(H,74,75)/t60-,61-,68?/m0/s1.